The molecule has 34 heavy (non-hydrogen) atoms. The number of amides is 1. The number of nitrogens with zero attached hydrogens (tertiary/aromatic N) is 4. The lowest BCUT2D eigenvalue weighted by molar-refractivity contribution is -0.405. The molecule has 3 aromatic rings. The maximum Gasteiger partial charge on any atom is 0.372 e. The number of rotatable bonds is 6. The number of morpholine rings is 1. The average molecular weight is 475 g/mol. The molecule has 1 N–H and O–H groups in total. The molecule has 0 atom stereocenters. The zero-order chi connectivity index (χ0) is 24.3. The molecule has 1 amide bonds. The lowest BCUT2D eigenvalue weighted by atomic mass is 10.0. The van der Waals surface area contributed by atoms with Crippen LogP contribution < -0.4 is 5.32 Å². The quantitative estimate of drug-likeness (QED) is 0.429. The van der Waals surface area contributed by atoms with Crippen LogP contribution in [-0.2, 0) is 23.1 Å². The van der Waals surface area contributed by atoms with E-state index in [-0.39, 0.29) is 12.5 Å². The summed E-state index contributed by atoms with van der Waals surface area (Å²) in [6.45, 7) is -1.97. The maximum atomic E-state index is 13.4. The lowest BCUT2D eigenvalue weighted by Crippen LogP contribution is -2.54. The largest absolute Gasteiger partial charge is 0.372 e. The number of aryl methyl sites for hydroxylation is 1. The maximum absolute atomic E-state index is 13.4. The Morgan fingerprint density at radius 3 is 2.47 bits per heavy atom. The van der Waals surface area contributed by atoms with Crippen LogP contribution in [0.4, 0.5) is 23.2 Å². The van der Waals surface area contributed by atoms with Gasteiger partial charge in [-0.25, -0.2) is 0 Å². The summed E-state index contributed by atoms with van der Waals surface area (Å²) in [4.78, 5) is 17.4. The zero-order valence-corrected chi connectivity index (χ0v) is 18.1. The van der Waals surface area contributed by atoms with E-state index >= 15 is 0 Å². The molecule has 178 valence electrons. The molecule has 1 fully saturated rings. The van der Waals surface area contributed by atoms with E-state index < -0.39 is 25.3 Å². The number of aromatic nitrogens is 3. The summed E-state index contributed by atoms with van der Waals surface area (Å²) >= 11 is 0. The van der Waals surface area contributed by atoms with Gasteiger partial charge in [0.15, 0.2) is 0 Å². The molecule has 0 spiro atoms. The minimum Gasteiger partial charge on any atom is -0.323 e. The van der Waals surface area contributed by atoms with Gasteiger partial charge in [0.05, 0.1) is 19.3 Å². The van der Waals surface area contributed by atoms with Crippen molar-refractivity contribution in [2.24, 2.45) is 7.05 Å². The Balaban J connectivity index is 1.37. The molecule has 7 nitrogen and oxygen atoms in total. The van der Waals surface area contributed by atoms with E-state index in [0.717, 1.165) is 21.6 Å². The van der Waals surface area contributed by atoms with E-state index in [0.29, 0.717) is 11.3 Å². The van der Waals surface area contributed by atoms with Crippen molar-refractivity contribution in [3.63, 3.8) is 0 Å². The molecule has 11 heteroatoms. The van der Waals surface area contributed by atoms with Gasteiger partial charge in [-0.1, -0.05) is 12.1 Å². The fourth-order valence-electron chi connectivity index (χ4n) is 3.64. The number of nitrogens with one attached hydrogen (secondary N) is 1. The number of pyridine rings is 1. The van der Waals surface area contributed by atoms with Crippen molar-refractivity contribution in [1.82, 2.24) is 19.7 Å². The van der Waals surface area contributed by atoms with Gasteiger partial charge in [0.25, 0.3) is 0 Å². The first-order valence-electron chi connectivity index (χ1n) is 10.3. The van der Waals surface area contributed by atoms with E-state index in [1.807, 2.05) is 19.3 Å². The van der Waals surface area contributed by atoms with Crippen molar-refractivity contribution < 1.29 is 27.1 Å². The number of ether oxygens (including phenoxy) is 1. The number of hydrogen-bond donors (Lipinski definition) is 1. The SMILES string of the molecule is Cn1cc(-c2ccncc2/C=C/C(=O)Nc2ccc(CN3CC(F)(F)OC(F)(F)C3)cc2)cn1. The molecule has 0 saturated carbocycles. The third-order valence-electron chi connectivity index (χ3n) is 5.02. The van der Waals surface area contributed by atoms with Crippen molar-refractivity contribution in [2.75, 3.05) is 18.4 Å². The number of halogens is 4. The number of carbonyl (C=O) groups is 1. The van der Waals surface area contributed by atoms with Gasteiger partial charge in [-0.15, -0.1) is 0 Å². The van der Waals surface area contributed by atoms with Gasteiger partial charge in [0, 0.05) is 55.1 Å². The lowest BCUT2D eigenvalue weighted by Gasteiger charge is -2.36. The van der Waals surface area contributed by atoms with Crippen LogP contribution in [0.25, 0.3) is 17.2 Å². The van der Waals surface area contributed by atoms with E-state index in [9.17, 15) is 22.4 Å². The minimum atomic E-state index is -3.92. The summed E-state index contributed by atoms with van der Waals surface area (Å²) in [6, 6.07) is 8.12. The fourth-order valence-corrected chi connectivity index (χ4v) is 3.64. The number of carbonyl (C=O) groups excluding carboxylic acids is 1. The van der Waals surface area contributed by atoms with Gasteiger partial charge in [0.1, 0.15) is 0 Å². The van der Waals surface area contributed by atoms with Gasteiger partial charge >= 0.3 is 12.2 Å². The van der Waals surface area contributed by atoms with Crippen molar-refractivity contribution in [1.29, 1.82) is 0 Å². The van der Waals surface area contributed by atoms with Crippen LogP contribution in [0.1, 0.15) is 11.1 Å². The normalized spacial score (nSPS) is 17.7. The molecular formula is C23H21F4N5O2. The van der Waals surface area contributed by atoms with Crippen molar-refractivity contribution >= 4 is 17.7 Å². The Bertz CT molecular complexity index is 1180. The molecule has 1 aliphatic rings. The summed E-state index contributed by atoms with van der Waals surface area (Å²) < 4.78 is 58.7. The van der Waals surface area contributed by atoms with Crippen LogP contribution in [-0.4, -0.2) is 50.9 Å². The van der Waals surface area contributed by atoms with Gasteiger partial charge in [-0.3, -0.25) is 24.1 Å². The monoisotopic (exact) mass is 475 g/mol. The van der Waals surface area contributed by atoms with Crippen molar-refractivity contribution in [3.05, 3.63) is 72.3 Å². The summed E-state index contributed by atoms with van der Waals surface area (Å²) in [5.41, 5.74) is 3.50. The van der Waals surface area contributed by atoms with E-state index in [1.54, 1.807) is 53.6 Å². The predicted octanol–water partition coefficient (Wildman–Crippen LogP) is 4.15. The standard InChI is InChI=1S/C23H21F4N5O2/c1-31-13-18(11-29-31)20-8-9-28-10-17(20)4-7-21(33)30-19-5-2-16(3-6-19)12-32-14-22(24,25)34-23(26,27)15-32/h2-11,13H,12,14-15H2,1H3,(H,30,33)/b7-4+. The molecule has 0 unspecified atom stereocenters. The van der Waals surface area contributed by atoms with Crippen LogP contribution in [0.5, 0.6) is 0 Å². The summed E-state index contributed by atoms with van der Waals surface area (Å²) in [7, 11) is 1.81. The highest BCUT2D eigenvalue weighted by Gasteiger charge is 2.51. The van der Waals surface area contributed by atoms with Crippen molar-refractivity contribution in [2.45, 2.75) is 18.8 Å². The highest BCUT2D eigenvalue weighted by atomic mass is 19.3. The number of anilines is 1. The number of benzene rings is 1. The third-order valence-corrected chi connectivity index (χ3v) is 5.02. The van der Waals surface area contributed by atoms with Gasteiger partial charge in [-0.2, -0.15) is 22.7 Å². The summed E-state index contributed by atoms with van der Waals surface area (Å²) in [5, 5.41) is 6.85. The topological polar surface area (TPSA) is 72.3 Å². The molecule has 0 aliphatic carbocycles. The molecule has 4 rings (SSSR count). The molecule has 2 aromatic heterocycles. The Hall–Kier alpha value is -3.57. The molecule has 1 aliphatic heterocycles. The van der Waals surface area contributed by atoms with Gasteiger partial charge < -0.3 is 5.32 Å². The third kappa shape index (κ3) is 6.06. The summed E-state index contributed by atoms with van der Waals surface area (Å²) in [6.07, 6.45) is 2.02. The Kier molecular flexibility index (Phi) is 6.49. The number of hydrogen-bond acceptors (Lipinski definition) is 5. The van der Waals surface area contributed by atoms with Gasteiger partial charge in [0.2, 0.25) is 5.91 Å². The van der Waals surface area contributed by atoms with E-state index in [1.165, 1.54) is 6.08 Å². The van der Waals surface area contributed by atoms with Gasteiger partial charge in [-0.05, 0) is 35.4 Å². The first-order valence-corrected chi connectivity index (χ1v) is 10.3. The molecule has 1 saturated heterocycles. The second-order valence-corrected chi connectivity index (χ2v) is 7.91. The van der Waals surface area contributed by atoms with Crippen LogP contribution >= 0.6 is 0 Å². The van der Waals surface area contributed by atoms with Crippen LogP contribution in [0.15, 0.2) is 61.2 Å². The first kappa shape index (κ1) is 23.6. The molecule has 3 heterocycles. The van der Waals surface area contributed by atoms with Crippen LogP contribution in [0, 0.1) is 0 Å². The highest BCUT2D eigenvalue weighted by molar-refractivity contribution is 6.02. The smallest absolute Gasteiger partial charge is 0.323 e. The molecule has 1 aromatic carbocycles. The highest BCUT2D eigenvalue weighted by Crippen LogP contribution is 2.34. The predicted molar refractivity (Wildman–Crippen MR) is 117 cm³/mol. The second kappa shape index (κ2) is 9.35. The second-order valence-electron chi connectivity index (χ2n) is 7.91. The average Bonchev–Trinajstić information content (AvgIpc) is 3.18. The Morgan fingerprint density at radius 1 is 1.12 bits per heavy atom. The molecular weight excluding hydrogens is 454 g/mol. The molecule has 0 radical (unpaired) electrons. The van der Waals surface area contributed by atoms with Crippen molar-refractivity contribution in [3.8, 4) is 11.1 Å². The van der Waals surface area contributed by atoms with Crippen LogP contribution in [0.2, 0.25) is 0 Å². The Labute approximate surface area is 192 Å². The minimum absolute atomic E-state index is 0.110. The zero-order valence-electron chi connectivity index (χ0n) is 18.1. The molecule has 0 bridgehead atoms. The fraction of sp³-hybridized carbons (Fsp3) is 0.261. The summed E-state index contributed by atoms with van der Waals surface area (Å²) in [5.74, 6) is -0.388. The van der Waals surface area contributed by atoms with E-state index in [2.05, 4.69) is 20.1 Å². The number of alkyl halides is 4. The van der Waals surface area contributed by atoms with Crippen LogP contribution in [0.3, 0.4) is 0 Å². The Morgan fingerprint density at radius 2 is 1.82 bits per heavy atom. The van der Waals surface area contributed by atoms with E-state index in [4.69, 9.17) is 0 Å². The first-order chi connectivity index (χ1) is 16.1.